The van der Waals surface area contributed by atoms with Crippen molar-refractivity contribution in [1.29, 1.82) is 0 Å². The number of carbonyl (C=O) groups is 1. The highest BCUT2D eigenvalue weighted by atomic mass is 19.1. The monoisotopic (exact) mass is 292 g/mol. The van der Waals surface area contributed by atoms with Crippen LogP contribution in [0, 0.1) is 22.9 Å². The number of nitrogens with zero attached hydrogens (tertiary/aromatic N) is 3. The highest BCUT2D eigenvalue weighted by Crippen LogP contribution is 2.15. The first-order valence-electron chi connectivity index (χ1n) is 6.18. The van der Waals surface area contributed by atoms with Crippen LogP contribution in [0.25, 0.3) is 0 Å². The summed E-state index contributed by atoms with van der Waals surface area (Å²) in [6, 6.07) is 4.51. The fourth-order valence-electron chi connectivity index (χ4n) is 1.73. The lowest BCUT2D eigenvalue weighted by molar-refractivity contribution is -0.389. The summed E-state index contributed by atoms with van der Waals surface area (Å²) >= 11 is 0. The van der Waals surface area contributed by atoms with Crippen LogP contribution in [-0.4, -0.2) is 20.4 Å². The second-order valence-corrected chi connectivity index (χ2v) is 4.51. The lowest BCUT2D eigenvalue weighted by Crippen LogP contribution is -2.15. The Balaban J connectivity index is 1.91. The Morgan fingerprint density at radius 3 is 2.90 bits per heavy atom. The van der Waals surface area contributed by atoms with Crippen molar-refractivity contribution in [3.8, 4) is 0 Å². The number of anilines is 1. The van der Waals surface area contributed by atoms with Gasteiger partial charge in [0.2, 0.25) is 12.2 Å². The number of benzene rings is 1. The summed E-state index contributed by atoms with van der Waals surface area (Å²) in [5, 5.41) is 12.9. The second kappa shape index (κ2) is 6.12. The van der Waals surface area contributed by atoms with Gasteiger partial charge in [-0.2, -0.15) is 0 Å². The van der Waals surface area contributed by atoms with Gasteiger partial charge in [-0.3, -0.25) is 4.79 Å². The zero-order valence-electron chi connectivity index (χ0n) is 11.2. The second-order valence-electron chi connectivity index (χ2n) is 4.51. The molecular weight excluding hydrogens is 279 g/mol. The summed E-state index contributed by atoms with van der Waals surface area (Å²) in [6.45, 7) is 1.97. The van der Waals surface area contributed by atoms with Gasteiger partial charge in [0.1, 0.15) is 12.0 Å². The number of hydrogen-bond donors (Lipinski definition) is 1. The van der Waals surface area contributed by atoms with E-state index in [1.54, 1.807) is 13.0 Å². The molecule has 2 rings (SSSR count). The van der Waals surface area contributed by atoms with Crippen LogP contribution in [0.5, 0.6) is 0 Å². The number of nitro groups is 1. The topological polar surface area (TPSA) is 90.1 Å². The number of aromatic nitrogens is 2. The average Bonchev–Trinajstić information content (AvgIpc) is 2.89. The molecule has 0 saturated heterocycles. The van der Waals surface area contributed by atoms with Crippen molar-refractivity contribution in [1.82, 2.24) is 9.55 Å². The van der Waals surface area contributed by atoms with Crippen molar-refractivity contribution >= 4 is 17.4 Å². The van der Waals surface area contributed by atoms with E-state index in [0.717, 1.165) is 5.56 Å². The summed E-state index contributed by atoms with van der Waals surface area (Å²) in [4.78, 5) is 25.1. The lowest BCUT2D eigenvalue weighted by Gasteiger charge is -2.07. The molecule has 1 heterocycles. The molecule has 0 radical (unpaired) electrons. The maximum Gasteiger partial charge on any atom is 0.381 e. The minimum absolute atomic E-state index is 0.0564. The largest absolute Gasteiger partial charge is 0.381 e. The Labute approximate surface area is 119 Å². The molecule has 0 aliphatic carbocycles. The maximum atomic E-state index is 13.6. The molecule has 0 spiro atoms. The zero-order valence-corrected chi connectivity index (χ0v) is 11.2. The van der Waals surface area contributed by atoms with E-state index < -0.39 is 10.7 Å². The van der Waals surface area contributed by atoms with Gasteiger partial charge < -0.3 is 20.0 Å². The van der Waals surface area contributed by atoms with E-state index in [0.29, 0.717) is 0 Å². The molecule has 0 saturated carbocycles. The molecule has 1 amide bonds. The third kappa shape index (κ3) is 3.85. The Bertz CT molecular complexity index is 684. The molecule has 0 atom stereocenters. The Morgan fingerprint density at radius 2 is 2.29 bits per heavy atom. The molecule has 2 aromatic rings. The summed E-state index contributed by atoms with van der Waals surface area (Å²) in [5.41, 5.74) is 0.874. The van der Waals surface area contributed by atoms with Crippen LogP contribution in [0.1, 0.15) is 12.0 Å². The summed E-state index contributed by atoms with van der Waals surface area (Å²) in [7, 11) is 0. The third-order valence-corrected chi connectivity index (χ3v) is 2.80. The number of rotatable bonds is 5. The number of halogens is 1. The number of amides is 1. The van der Waals surface area contributed by atoms with E-state index in [-0.39, 0.29) is 30.4 Å². The third-order valence-electron chi connectivity index (χ3n) is 2.80. The van der Waals surface area contributed by atoms with Crippen LogP contribution in [0.3, 0.4) is 0 Å². The first-order chi connectivity index (χ1) is 9.95. The minimum atomic E-state index is -0.613. The van der Waals surface area contributed by atoms with E-state index >= 15 is 0 Å². The van der Waals surface area contributed by atoms with Gasteiger partial charge in [0.25, 0.3) is 0 Å². The smallest absolute Gasteiger partial charge is 0.358 e. The lowest BCUT2D eigenvalue weighted by atomic mass is 10.2. The normalized spacial score (nSPS) is 10.4. The van der Waals surface area contributed by atoms with Gasteiger partial charge in [-0.15, -0.1) is 0 Å². The van der Waals surface area contributed by atoms with Gasteiger partial charge >= 0.3 is 5.82 Å². The van der Waals surface area contributed by atoms with Gasteiger partial charge in [-0.1, -0.05) is 6.07 Å². The first kappa shape index (κ1) is 14.6. The number of hydrogen-bond acceptors (Lipinski definition) is 4. The SMILES string of the molecule is Cc1ccc(NC(=O)CCn2cnc([N+](=O)[O-])c2)c(F)c1. The van der Waals surface area contributed by atoms with E-state index in [2.05, 4.69) is 10.3 Å². The summed E-state index contributed by atoms with van der Waals surface area (Å²) < 4.78 is 15.0. The van der Waals surface area contributed by atoms with Crippen molar-refractivity contribution in [2.45, 2.75) is 19.9 Å². The van der Waals surface area contributed by atoms with Gasteiger partial charge in [0.15, 0.2) is 0 Å². The average molecular weight is 292 g/mol. The first-order valence-corrected chi connectivity index (χ1v) is 6.18. The highest BCUT2D eigenvalue weighted by Gasteiger charge is 2.11. The van der Waals surface area contributed by atoms with Crippen molar-refractivity contribution < 1.29 is 14.1 Å². The fourth-order valence-corrected chi connectivity index (χ4v) is 1.73. The fraction of sp³-hybridized carbons (Fsp3) is 0.231. The van der Waals surface area contributed by atoms with Crippen molar-refractivity contribution in [2.75, 3.05) is 5.32 Å². The van der Waals surface area contributed by atoms with E-state index in [1.165, 1.54) is 29.2 Å². The molecule has 0 bridgehead atoms. The molecular formula is C13H13FN4O3. The number of aryl methyl sites for hydroxylation is 2. The molecule has 21 heavy (non-hydrogen) atoms. The molecule has 110 valence electrons. The van der Waals surface area contributed by atoms with Crippen LogP contribution in [0.4, 0.5) is 15.9 Å². The van der Waals surface area contributed by atoms with Gasteiger partial charge in [0.05, 0.1) is 5.69 Å². The number of nitrogens with one attached hydrogen (secondary N) is 1. The Morgan fingerprint density at radius 1 is 1.52 bits per heavy atom. The zero-order chi connectivity index (χ0) is 15.4. The van der Waals surface area contributed by atoms with Crippen LogP contribution in [0.2, 0.25) is 0 Å². The standard InChI is InChI=1S/C13H13FN4O3/c1-9-2-3-11(10(14)6-9)16-13(19)4-5-17-7-12(15-8-17)18(20)21/h2-3,6-8H,4-5H2,1H3,(H,16,19). The van der Waals surface area contributed by atoms with Crippen LogP contribution < -0.4 is 5.32 Å². The minimum Gasteiger partial charge on any atom is -0.358 e. The van der Waals surface area contributed by atoms with E-state index in [4.69, 9.17) is 0 Å². The predicted octanol–water partition coefficient (Wildman–Crippen LogP) is 2.27. The molecule has 8 heteroatoms. The molecule has 0 unspecified atom stereocenters. The highest BCUT2D eigenvalue weighted by molar-refractivity contribution is 5.90. The van der Waals surface area contributed by atoms with Gasteiger partial charge in [-0.25, -0.2) is 4.39 Å². The molecule has 1 aromatic heterocycles. The Hall–Kier alpha value is -2.77. The molecule has 1 aromatic carbocycles. The quantitative estimate of drug-likeness (QED) is 0.676. The van der Waals surface area contributed by atoms with E-state index in [9.17, 15) is 19.3 Å². The van der Waals surface area contributed by atoms with Crippen molar-refractivity contribution in [3.05, 3.63) is 52.2 Å². The molecule has 1 N–H and O–H groups in total. The number of carbonyl (C=O) groups excluding carboxylic acids is 1. The van der Waals surface area contributed by atoms with Crippen molar-refractivity contribution in [2.24, 2.45) is 0 Å². The van der Waals surface area contributed by atoms with Crippen LogP contribution in [-0.2, 0) is 11.3 Å². The van der Waals surface area contributed by atoms with Crippen LogP contribution in [0.15, 0.2) is 30.7 Å². The summed E-state index contributed by atoms with van der Waals surface area (Å²) in [5.74, 6) is -1.16. The van der Waals surface area contributed by atoms with Gasteiger partial charge in [0, 0.05) is 13.0 Å². The molecule has 0 aliphatic heterocycles. The van der Waals surface area contributed by atoms with Crippen LogP contribution >= 0.6 is 0 Å². The summed E-state index contributed by atoms with van der Waals surface area (Å²) in [6.07, 6.45) is 2.57. The van der Waals surface area contributed by atoms with E-state index in [1.807, 2.05) is 0 Å². The van der Waals surface area contributed by atoms with Gasteiger partial charge in [-0.05, 0) is 34.5 Å². The number of imidazole rings is 1. The maximum absolute atomic E-state index is 13.6. The Kier molecular flexibility index (Phi) is 4.27. The molecule has 0 aliphatic rings. The molecule has 7 nitrogen and oxygen atoms in total. The van der Waals surface area contributed by atoms with Crippen molar-refractivity contribution in [3.63, 3.8) is 0 Å². The predicted molar refractivity (Wildman–Crippen MR) is 73.3 cm³/mol. The molecule has 0 fully saturated rings.